The van der Waals surface area contributed by atoms with Gasteiger partial charge in [-0.15, -0.1) is 10.2 Å². The summed E-state index contributed by atoms with van der Waals surface area (Å²) in [6.45, 7) is 8.18. The third-order valence-corrected chi connectivity index (χ3v) is 5.52. The van der Waals surface area contributed by atoms with Crippen molar-refractivity contribution < 1.29 is 0 Å². The van der Waals surface area contributed by atoms with Gasteiger partial charge in [0.25, 0.3) is 0 Å². The van der Waals surface area contributed by atoms with E-state index in [4.69, 9.17) is 0 Å². The van der Waals surface area contributed by atoms with Gasteiger partial charge in [-0.25, -0.2) is 0 Å². The summed E-state index contributed by atoms with van der Waals surface area (Å²) in [6, 6.07) is 12.0. The van der Waals surface area contributed by atoms with Gasteiger partial charge in [0.15, 0.2) is 0 Å². The average Bonchev–Trinajstić information content (AvgIpc) is 3.54. The molecule has 1 fully saturated rings. The fraction of sp³-hybridized carbons (Fsp3) is 0.400. The van der Waals surface area contributed by atoms with E-state index in [0.717, 1.165) is 67.5 Å². The van der Waals surface area contributed by atoms with Crippen LogP contribution in [0.3, 0.4) is 0 Å². The van der Waals surface area contributed by atoms with Gasteiger partial charge in [0.1, 0.15) is 5.82 Å². The van der Waals surface area contributed by atoms with Crippen molar-refractivity contribution in [1.82, 2.24) is 45.2 Å². The number of H-pyrrole nitrogens is 1. The molecule has 4 heterocycles. The Kier molecular flexibility index (Phi) is 5.06. The van der Waals surface area contributed by atoms with Gasteiger partial charge in [-0.3, -0.25) is 9.67 Å². The molecule has 0 atom stereocenters. The fourth-order valence-corrected chi connectivity index (χ4v) is 3.96. The number of rotatable bonds is 6. The van der Waals surface area contributed by atoms with Crippen LogP contribution in [-0.4, -0.2) is 71.3 Å². The molecule has 4 aromatic rings. The predicted molar refractivity (Wildman–Crippen MR) is 115 cm³/mol. The topological polar surface area (TPSA) is 109 Å². The number of nitrogens with zero attached hydrogens (tertiary/aromatic N) is 10. The predicted octanol–water partition coefficient (Wildman–Crippen LogP) is 1.22. The molecule has 1 aromatic carbocycles. The zero-order valence-corrected chi connectivity index (χ0v) is 17.7. The van der Waals surface area contributed by atoms with Crippen molar-refractivity contribution in [3.05, 3.63) is 53.6 Å². The highest BCUT2D eigenvalue weighted by molar-refractivity contribution is 5.43. The van der Waals surface area contributed by atoms with Crippen molar-refractivity contribution in [3.8, 4) is 5.69 Å². The highest BCUT2D eigenvalue weighted by Crippen LogP contribution is 2.21. The van der Waals surface area contributed by atoms with Crippen LogP contribution in [0.1, 0.15) is 24.1 Å². The SMILES string of the molecule is CCn1c(Cc2cc(C)[nH]n2)nnc1N1CCN(c2nnnn2-c2ccccc2)CC1. The van der Waals surface area contributed by atoms with Crippen molar-refractivity contribution in [1.29, 1.82) is 0 Å². The van der Waals surface area contributed by atoms with Crippen molar-refractivity contribution in [2.75, 3.05) is 36.0 Å². The molecule has 0 radical (unpaired) electrons. The van der Waals surface area contributed by atoms with Crippen LogP contribution in [0.15, 0.2) is 36.4 Å². The van der Waals surface area contributed by atoms with Crippen molar-refractivity contribution in [2.45, 2.75) is 26.8 Å². The number of piperazine rings is 1. The van der Waals surface area contributed by atoms with Crippen molar-refractivity contribution in [2.24, 2.45) is 0 Å². The second-order valence-electron chi connectivity index (χ2n) is 7.58. The molecule has 1 aliphatic rings. The maximum Gasteiger partial charge on any atom is 0.250 e. The van der Waals surface area contributed by atoms with E-state index in [1.807, 2.05) is 43.3 Å². The number of aromatic amines is 1. The first-order valence-electron chi connectivity index (χ1n) is 10.5. The van der Waals surface area contributed by atoms with E-state index in [9.17, 15) is 0 Å². The van der Waals surface area contributed by atoms with Crippen LogP contribution in [0.5, 0.6) is 0 Å². The minimum Gasteiger partial charge on any atom is -0.337 e. The van der Waals surface area contributed by atoms with Crippen LogP contribution in [-0.2, 0) is 13.0 Å². The quantitative estimate of drug-likeness (QED) is 0.497. The average molecular weight is 419 g/mol. The lowest BCUT2D eigenvalue weighted by Crippen LogP contribution is -2.48. The molecule has 11 nitrogen and oxygen atoms in total. The van der Waals surface area contributed by atoms with Gasteiger partial charge in [0, 0.05) is 38.4 Å². The van der Waals surface area contributed by atoms with E-state index in [1.165, 1.54) is 0 Å². The molecule has 0 bridgehead atoms. The molecule has 3 aromatic heterocycles. The summed E-state index contributed by atoms with van der Waals surface area (Å²) < 4.78 is 3.96. The maximum absolute atomic E-state index is 4.50. The molecule has 1 aliphatic heterocycles. The molecule has 0 saturated carbocycles. The van der Waals surface area contributed by atoms with Crippen molar-refractivity contribution >= 4 is 11.9 Å². The first-order valence-corrected chi connectivity index (χ1v) is 10.5. The second kappa shape index (κ2) is 8.17. The lowest BCUT2D eigenvalue weighted by atomic mass is 10.3. The third-order valence-electron chi connectivity index (χ3n) is 5.52. The summed E-state index contributed by atoms with van der Waals surface area (Å²) in [4.78, 5) is 4.49. The standard InChI is InChI=1S/C20H25N11/c1-3-30-18(14-16-13-15(2)21-22-16)23-24-19(30)28-9-11-29(12-10-28)20-25-26-27-31(20)17-7-5-4-6-8-17/h4-8,13H,3,9-12,14H2,1-2H3,(H,21,22). The van der Waals surface area contributed by atoms with Crippen LogP contribution in [0.2, 0.25) is 0 Å². The van der Waals surface area contributed by atoms with Gasteiger partial charge >= 0.3 is 0 Å². The maximum atomic E-state index is 4.50. The van der Waals surface area contributed by atoms with Gasteiger partial charge in [0.05, 0.1) is 17.8 Å². The normalized spacial score (nSPS) is 14.4. The minimum atomic E-state index is 0.664. The molecule has 0 spiro atoms. The highest BCUT2D eigenvalue weighted by Gasteiger charge is 2.26. The highest BCUT2D eigenvalue weighted by atomic mass is 15.6. The van der Waals surface area contributed by atoms with Crippen LogP contribution in [0.4, 0.5) is 11.9 Å². The summed E-state index contributed by atoms with van der Waals surface area (Å²) in [7, 11) is 0. The zero-order valence-electron chi connectivity index (χ0n) is 17.7. The van der Waals surface area contributed by atoms with Crippen LogP contribution in [0.25, 0.3) is 5.69 Å². The number of anilines is 2. The van der Waals surface area contributed by atoms with Crippen LogP contribution < -0.4 is 9.80 Å². The molecule has 5 rings (SSSR count). The van der Waals surface area contributed by atoms with Gasteiger partial charge in [0.2, 0.25) is 11.9 Å². The summed E-state index contributed by atoms with van der Waals surface area (Å²) in [5.41, 5.74) is 2.98. The lowest BCUT2D eigenvalue weighted by Gasteiger charge is -2.35. The van der Waals surface area contributed by atoms with E-state index < -0.39 is 0 Å². The number of hydrogen-bond donors (Lipinski definition) is 1. The van der Waals surface area contributed by atoms with Gasteiger partial charge in [-0.2, -0.15) is 9.78 Å². The Bertz CT molecular complexity index is 1140. The second-order valence-corrected chi connectivity index (χ2v) is 7.58. The largest absolute Gasteiger partial charge is 0.337 e. The molecular formula is C20H25N11. The Hall–Kier alpha value is -3.76. The van der Waals surface area contributed by atoms with Crippen molar-refractivity contribution in [3.63, 3.8) is 0 Å². The smallest absolute Gasteiger partial charge is 0.250 e. The Balaban J connectivity index is 1.30. The van der Waals surface area contributed by atoms with Gasteiger partial charge < -0.3 is 9.80 Å². The Morgan fingerprint density at radius 2 is 1.68 bits per heavy atom. The Labute approximate surface area is 179 Å². The molecule has 160 valence electrons. The van der Waals surface area contributed by atoms with Gasteiger partial charge in [-0.05, 0) is 42.5 Å². The summed E-state index contributed by atoms with van der Waals surface area (Å²) in [6.07, 6.45) is 0.664. The molecule has 0 amide bonds. The van der Waals surface area contributed by atoms with E-state index in [1.54, 1.807) is 4.68 Å². The molecule has 11 heteroatoms. The third kappa shape index (κ3) is 3.74. The fourth-order valence-electron chi connectivity index (χ4n) is 3.96. The number of nitrogens with one attached hydrogen (secondary N) is 1. The number of benzene rings is 1. The van der Waals surface area contributed by atoms with E-state index in [2.05, 4.69) is 57.2 Å². The van der Waals surface area contributed by atoms with Crippen LogP contribution >= 0.6 is 0 Å². The Morgan fingerprint density at radius 3 is 2.35 bits per heavy atom. The summed E-state index contributed by atoms with van der Waals surface area (Å²) in [5.74, 6) is 2.60. The molecular weight excluding hydrogens is 394 g/mol. The molecule has 31 heavy (non-hydrogen) atoms. The van der Waals surface area contributed by atoms with E-state index in [0.29, 0.717) is 6.42 Å². The summed E-state index contributed by atoms with van der Waals surface area (Å²) >= 11 is 0. The first kappa shape index (κ1) is 19.2. The monoisotopic (exact) mass is 419 g/mol. The Morgan fingerprint density at radius 1 is 0.935 bits per heavy atom. The molecule has 0 unspecified atom stereocenters. The van der Waals surface area contributed by atoms with Gasteiger partial charge in [-0.1, -0.05) is 23.3 Å². The number of tetrazole rings is 1. The lowest BCUT2D eigenvalue weighted by molar-refractivity contribution is 0.599. The number of para-hydroxylation sites is 1. The summed E-state index contributed by atoms with van der Waals surface area (Å²) in [5, 5.41) is 28.6. The number of aromatic nitrogens is 9. The van der Waals surface area contributed by atoms with E-state index in [-0.39, 0.29) is 0 Å². The zero-order chi connectivity index (χ0) is 21.2. The minimum absolute atomic E-state index is 0.664. The number of hydrogen-bond acceptors (Lipinski definition) is 8. The number of aryl methyl sites for hydroxylation is 1. The molecule has 1 N–H and O–H groups in total. The van der Waals surface area contributed by atoms with E-state index >= 15 is 0 Å². The first-order chi connectivity index (χ1) is 15.2. The molecule has 0 aliphatic carbocycles. The van der Waals surface area contributed by atoms with Crippen LogP contribution in [0, 0.1) is 6.92 Å². The molecule has 1 saturated heterocycles.